The molecule has 3 unspecified atom stereocenters. The fourth-order valence-corrected chi connectivity index (χ4v) is 16.8. The number of ether oxygens (including phenoxy) is 2. The summed E-state index contributed by atoms with van der Waals surface area (Å²) in [6.07, 6.45) is 13.6. The molecule has 2 heterocycles. The summed E-state index contributed by atoms with van der Waals surface area (Å²) in [5.74, 6) is 3.21. The number of carboxylic acids is 1. The number of rotatable bonds is 9. The van der Waals surface area contributed by atoms with Crippen LogP contribution >= 0.6 is 0 Å². The smallest absolute Gasteiger partial charge is 0.335 e. The molecular formula is C50H69N3O6S. The van der Waals surface area contributed by atoms with Crippen molar-refractivity contribution < 1.29 is 27.8 Å². The standard InChI is InChI=1S/C50H69N3O6S/c1-33(2)37-16-21-50(51-24-25-52-26-28-53(29-27-52)60(56,57)36-12-14-40-41(32-36)59-31-30-58-40)23-22-48(6)39(44(37)50)13-15-43-47(5)19-17-38(34-8-10-35(11-9-34)45(54)55)46(3,4)42(47)18-20-49(43,48)7/h8-12,14,17,32,37,39,42-44,51H,1,13,15-16,18-31H2,2-7H3,(H,54,55)/t37-,39+,42?,43?,44?,47-,48+,49+,50-/m0/s1. The molecule has 2 aromatic carbocycles. The molecular weight excluding hydrogens is 771 g/mol. The maximum Gasteiger partial charge on any atom is 0.335 e. The van der Waals surface area contributed by atoms with E-state index >= 15 is 0 Å². The normalized spacial score (nSPS) is 37.5. The average Bonchev–Trinajstić information content (AvgIpc) is 3.61. The summed E-state index contributed by atoms with van der Waals surface area (Å²) < 4.78 is 40.2. The second-order valence-electron chi connectivity index (χ2n) is 21.2. The van der Waals surface area contributed by atoms with Gasteiger partial charge >= 0.3 is 5.97 Å². The first kappa shape index (κ1) is 42.1. The van der Waals surface area contributed by atoms with Crippen LogP contribution in [0.3, 0.4) is 0 Å². The van der Waals surface area contributed by atoms with Crippen LogP contribution in [0.1, 0.15) is 115 Å². The fraction of sp³-hybridized carbons (Fsp3) is 0.660. The van der Waals surface area contributed by atoms with E-state index in [1.165, 1.54) is 68.1 Å². The molecule has 9 rings (SSSR count). The number of allylic oxidation sites excluding steroid dienone is 3. The van der Waals surface area contributed by atoms with Crippen molar-refractivity contribution in [3.8, 4) is 11.5 Å². The molecule has 60 heavy (non-hydrogen) atoms. The van der Waals surface area contributed by atoms with Crippen LogP contribution in [0.4, 0.5) is 0 Å². The first-order chi connectivity index (χ1) is 28.4. The van der Waals surface area contributed by atoms with Crippen LogP contribution in [0.2, 0.25) is 0 Å². The van der Waals surface area contributed by atoms with Crippen LogP contribution in [0, 0.1) is 51.2 Å². The van der Waals surface area contributed by atoms with Gasteiger partial charge in [0.2, 0.25) is 10.0 Å². The Kier molecular flexibility index (Phi) is 10.5. The Hall–Kier alpha value is -3.18. The Morgan fingerprint density at radius 2 is 1.57 bits per heavy atom. The molecule has 1 saturated heterocycles. The number of hydrogen-bond donors (Lipinski definition) is 2. The van der Waals surface area contributed by atoms with Crippen molar-refractivity contribution in [2.45, 2.75) is 110 Å². The van der Waals surface area contributed by atoms with Crippen molar-refractivity contribution in [2.75, 3.05) is 52.5 Å². The summed E-state index contributed by atoms with van der Waals surface area (Å²) in [6.45, 7) is 25.0. The summed E-state index contributed by atoms with van der Waals surface area (Å²) in [5.41, 5.74) is 5.07. The molecule has 0 radical (unpaired) electrons. The second kappa shape index (κ2) is 15.0. The number of aromatic carboxylic acids is 1. The number of nitrogens with zero attached hydrogens (tertiary/aromatic N) is 2. The maximum absolute atomic E-state index is 13.6. The molecule has 0 bridgehead atoms. The van der Waals surface area contributed by atoms with Gasteiger partial charge in [-0.2, -0.15) is 4.31 Å². The van der Waals surface area contributed by atoms with Gasteiger partial charge in [-0.25, -0.2) is 13.2 Å². The molecule has 326 valence electrons. The van der Waals surface area contributed by atoms with Crippen molar-refractivity contribution in [3.05, 3.63) is 71.8 Å². The molecule has 0 spiro atoms. The van der Waals surface area contributed by atoms with Gasteiger partial charge < -0.3 is 19.9 Å². The molecule has 7 aliphatic rings. The lowest BCUT2D eigenvalue weighted by Crippen LogP contribution is -2.68. The van der Waals surface area contributed by atoms with Crippen molar-refractivity contribution in [3.63, 3.8) is 0 Å². The van der Waals surface area contributed by atoms with Gasteiger partial charge in [0.1, 0.15) is 13.2 Å². The number of benzene rings is 2. The number of carbonyl (C=O) groups is 1. The van der Waals surface area contributed by atoms with Crippen LogP contribution in [-0.4, -0.2) is 86.7 Å². The Labute approximate surface area is 359 Å². The lowest BCUT2D eigenvalue weighted by molar-refractivity contribution is -0.219. The van der Waals surface area contributed by atoms with E-state index < -0.39 is 16.0 Å². The highest BCUT2D eigenvalue weighted by atomic mass is 32.2. The van der Waals surface area contributed by atoms with E-state index in [0.717, 1.165) is 32.6 Å². The average molecular weight is 840 g/mol. The number of hydrogen-bond acceptors (Lipinski definition) is 7. The molecule has 9 atom stereocenters. The van der Waals surface area contributed by atoms with E-state index in [9.17, 15) is 18.3 Å². The minimum Gasteiger partial charge on any atom is -0.486 e. The van der Waals surface area contributed by atoms with Crippen LogP contribution in [-0.2, 0) is 10.0 Å². The number of carboxylic acid groups (broad SMARTS) is 1. The molecule has 0 amide bonds. The summed E-state index contributed by atoms with van der Waals surface area (Å²) in [6, 6.07) is 12.5. The van der Waals surface area contributed by atoms with Gasteiger partial charge in [-0.3, -0.25) is 4.90 Å². The second-order valence-corrected chi connectivity index (χ2v) is 23.2. The van der Waals surface area contributed by atoms with Crippen molar-refractivity contribution in [1.82, 2.24) is 14.5 Å². The highest BCUT2D eigenvalue weighted by Gasteiger charge is 2.70. The zero-order chi connectivity index (χ0) is 42.5. The van der Waals surface area contributed by atoms with Gasteiger partial charge in [0, 0.05) is 50.9 Å². The number of sulfonamides is 1. The minimum absolute atomic E-state index is 0.00741. The first-order valence-corrected chi connectivity index (χ1v) is 24.5. The predicted octanol–water partition coefficient (Wildman–Crippen LogP) is 9.16. The van der Waals surface area contributed by atoms with Crippen molar-refractivity contribution in [1.29, 1.82) is 0 Å². The molecule has 5 aliphatic carbocycles. The number of nitrogens with one attached hydrogen (secondary N) is 1. The lowest BCUT2D eigenvalue weighted by Gasteiger charge is -2.72. The van der Waals surface area contributed by atoms with Gasteiger partial charge in [0.05, 0.1) is 10.5 Å². The maximum atomic E-state index is 13.6. The molecule has 9 nitrogen and oxygen atoms in total. The van der Waals surface area contributed by atoms with Crippen molar-refractivity contribution >= 4 is 21.6 Å². The molecule has 2 aliphatic heterocycles. The van der Waals surface area contributed by atoms with Gasteiger partial charge in [0.25, 0.3) is 0 Å². The molecule has 4 saturated carbocycles. The SMILES string of the molecule is C=C(C)[C@@H]1CC[C@]2(NCCN3CCN(S(=O)(=O)c4ccc5c(c4)OCCO5)CC3)CC[C@]3(C)[C@H](CCC4[C@@]5(C)CC=C(c6ccc(C(=O)O)cc6)C(C)(C)C5CC[C@]43C)C12. The zero-order valence-electron chi connectivity index (χ0n) is 37.0. The van der Waals surface area contributed by atoms with E-state index in [2.05, 4.69) is 64.4 Å². The molecule has 5 fully saturated rings. The Bertz CT molecular complexity index is 2160. The van der Waals surface area contributed by atoms with Gasteiger partial charge in [-0.15, -0.1) is 0 Å². The Morgan fingerprint density at radius 1 is 0.850 bits per heavy atom. The summed E-state index contributed by atoms with van der Waals surface area (Å²) in [7, 11) is -3.62. The van der Waals surface area contributed by atoms with Crippen molar-refractivity contribution in [2.24, 2.45) is 51.2 Å². The quantitative estimate of drug-likeness (QED) is 0.241. The van der Waals surface area contributed by atoms with Crippen LogP contribution < -0.4 is 14.8 Å². The number of fused-ring (bicyclic) bond motifs is 8. The van der Waals surface area contributed by atoms with Crippen LogP contribution in [0.15, 0.2) is 65.6 Å². The monoisotopic (exact) mass is 839 g/mol. The highest BCUT2D eigenvalue weighted by Crippen LogP contribution is 2.76. The van der Waals surface area contributed by atoms with Gasteiger partial charge in [-0.1, -0.05) is 65.0 Å². The highest BCUT2D eigenvalue weighted by molar-refractivity contribution is 7.89. The van der Waals surface area contributed by atoms with E-state index in [4.69, 9.17) is 9.47 Å². The van der Waals surface area contributed by atoms with Gasteiger partial charge in [-0.05, 0) is 151 Å². The third kappa shape index (κ3) is 6.46. The Balaban J connectivity index is 0.887. The number of piperazine rings is 1. The third-order valence-electron chi connectivity index (χ3n) is 18.5. The molecule has 2 N–H and O–H groups in total. The minimum atomic E-state index is -3.62. The topological polar surface area (TPSA) is 108 Å². The first-order valence-electron chi connectivity index (χ1n) is 23.0. The van der Waals surface area contributed by atoms with Gasteiger partial charge in [0.15, 0.2) is 11.5 Å². The fourth-order valence-electron chi connectivity index (χ4n) is 15.3. The zero-order valence-corrected chi connectivity index (χ0v) is 37.8. The lowest BCUT2D eigenvalue weighted by atomic mass is 9.33. The molecule has 0 aromatic heterocycles. The Morgan fingerprint density at radius 3 is 2.27 bits per heavy atom. The van der Waals surface area contributed by atoms with Crippen LogP contribution in [0.5, 0.6) is 11.5 Å². The van der Waals surface area contributed by atoms with E-state index in [1.54, 1.807) is 34.6 Å². The summed E-state index contributed by atoms with van der Waals surface area (Å²) in [4.78, 5) is 14.3. The predicted molar refractivity (Wildman–Crippen MR) is 237 cm³/mol. The summed E-state index contributed by atoms with van der Waals surface area (Å²) >= 11 is 0. The third-order valence-corrected chi connectivity index (χ3v) is 20.4. The largest absolute Gasteiger partial charge is 0.486 e. The van der Waals surface area contributed by atoms with E-state index in [-0.39, 0.29) is 32.1 Å². The molecule has 10 heteroatoms. The molecule has 2 aromatic rings. The van der Waals surface area contributed by atoms with E-state index in [0.29, 0.717) is 73.0 Å². The van der Waals surface area contributed by atoms with E-state index in [1.807, 2.05) is 12.1 Å². The summed E-state index contributed by atoms with van der Waals surface area (Å²) in [5, 5.41) is 13.8. The van der Waals surface area contributed by atoms with Crippen LogP contribution in [0.25, 0.3) is 5.57 Å².